The third-order valence-corrected chi connectivity index (χ3v) is 2.70. The van der Waals surface area contributed by atoms with Gasteiger partial charge in [0.05, 0.1) is 7.11 Å². The molecule has 1 rings (SSSR count). The Morgan fingerprint density at radius 1 is 1.79 bits per heavy atom. The van der Waals surface area contributed by atoms with Crippen molar-refractivity contribution in [2.24, 2.45) is 5.92 Å². The van der Waals surface area contributed by atoms with E-state index in [0.717, 1.165) is 25.7 Å². The summed E-state index contributed by atoms with van der Waals surface area (Å²) >= 11 is 0. The fourth-order valence-electron chi connectivity index (χ4n) is 1.82. The second-order valence-corrected chi connectivity index (χ2v) is 3.78. The summed E-state index contributed by atoms with van der Waals surface area (Å²) in [6.07, 6.45) is 8.96. The molecule has 1 aliphatic carbocycles. The van der Waals surface area contributed by atoms with Crippen molar-refractivity contribution >= 4 is 5.97 Å². The third-order valence-electron chi connectivity index (χ3n) is 2.70. The zero-order valence-electron chi connectivity index (χ0n) is 8.79. The predicted octanol–water partition coefficient (Wildman–Crippen LogP) is 2.85. The van der Waals surface area contributed by atoms with Gasteiger partial charge in [-0.15, -0.1) is 6.58 Å². The average molecular weight is 194 g/mol. The van der Waals surface area contributed by atoms with Crippen LogP contribution in [0.15, 0.2) is 24.3 Å². The molecule has 2 heteroatoms. The number of rotatable bonds is 4. The Morgan fingerprint density at radius 2 is 2.57 bits per heavy atom. The molecule has 0 spiro atoms. The summed E-state index contributed by atoms with van der Waals surface area (Å²) in [5, 5.41) is 0. The van der Waals surface area contributed by atoms with Crippen molar-refractivity contribution in [2.45, 2.75) is 32.1 Å². The number of allylic oxidation sites excluding steroid dienone is 3. The summed E-state index contributed by atoms with van der Waals surface area (Å²) in [4.78, 5) is 11.0. The topological polar surface area (TPSA) is 26.3 Å². The molecular formula is C12H18O2. The first-order valence-electron chi connectivity index (χ1n) is 5.12. The van der Waals surface area contributed by atoms with Crippen LogP contribution >= 0.6 is 0 Å². The molecule has 78 valence electrons. The standard InChI is InChI=1S/C12H18O2/c1-3-4-10-5-7-11(8-6-10)9-12(13)14-2/h3,5,11H,1,4,6-9H2,2H3. The normalized spacial score (nSPS) is 21.2. The zero-order chi connectivity index (χ0) is 10.4. The molecule has 2 nitrogen and oxygen atoms in total. The SMILES string of the molecule is C=CCC1=CCC(CC(=O)OC)CC1. The van der Waals surface area contributed by atoms with Crippen molar-refractivity contribution in [1.82, 2.24) is 0 Å². The van der Waals surface area contributed by atoms with Crippen LogP contribution in [0.4, 0.5) is 0 Å². The Kier molecular flexibility index (Phi) is 4.44. The van der Waals surface area contributed by atoms with E-state index in [1.165, 1.54) is 12.7 Å². The number of carbonyl (C=O) groups excluding carboxylic acids is 1. The first-order valence-corrected chi connectivity index (χ1v) is 5.12. The van der Waals surface area contributed by atoms with E-state index in [1.54, 1.807) is 0 Å². The number of carbonyl (C=O) groups is 1. The Labute approximate surface area is 85.6 Å². The van der Waals surface area contributed by atoms with Crippen LogP contribution < -0.4 is 0 Å². The highest BCUT2D eigenvalue weighted by Crippen LogP contribution is 2.27. The van der Waals surface area contributed by atoms with Gasteiger partial charge in [0, 0.05) is 6.42 Å². The Morgan fingerprint density at radius 3 is 3.07 bits per heavy atom. The molecule has 1 aliphatic rings. The second-order valence-electron chi connectivity index (χ2n) is 3.78. The van der Waals surface area contributed by atoms with Crippen molar-refractivity contribution in [3.8, 4) is 0 Å². The van der Waals surface area contributed by atoms with Crippen LogP contribution in [0.3, 0.4) is 0 Å². The van der Waals surface area contributed by atoms with Crippen LogP contribution in [0.25, 0.3) is 0 Å². The molecule has 1 atom stereocenters. The highest BCUT2D eigenvalue weighted by atomic mass is 16.5. The van der Waals surface area contributed by atoms with Crippen LogP contribution in [0.5, 0.6) is 0 Å². The fourth-order valence-corrected chi connectivity index (χ4v) is 1.82. The molecule has 0 saturated heterocycles. The number of ether oxygens (including phenoxy) is 1. The summed E-state index contributed by atoms with van der Waals surface area (Å²) in [6.45, 7) is 3.72. The summed E-state index contributed by atoms with van der Waals surface area (Å²) in [5.41, 5.74) is 1.46. The van der Waals surface area contributed by atoms with Crippen molar-refractivity contribution in [2.75, 3.05) is 7.11 Å². The zero-order valence-corrected chi connectivity index (χ0v) is 8.79. The molecule has 0 fully saturated rings. The van der Waals surface area contributed by atoms with Gasteiger partial charge < -0.3 is 4.74 Å². The van der Waals surface area contributed by atoms with Gasteiger partial charge in [-0.25, -0.2) is 0 Å². The van der Waals surface area contributed by atoms with E-state index in [1.807, 2.05) is 6.08 Å². The molecule has 1 unspecified atom stereocenters. The maximum atomic E-state index is 11.0. The van der Waals surface area contributed by atoms with Gasteiger partial charge in [-0.2, -0.15) is 0 Å². The summed E-state index contributed by atoms with van der Waals surface area (Å²) in [6, 6.07) is 0. The lowest BCUT2D eigenvalue weighted by atomic mass is 9.86. The number of esters is 1. The van der Waals surface area contributed by atoms with Crippen molar-refractivity contribution in [3.63, 3.8) is 0 Å². The molecule has 0 heterocycles. The van der Waals surface area contributed by atoms with E-state index in [2.05, 4.69) is 17.4 Å². The molecule has 0 aromatic carbocycles. The number of hydrogen-bond donors (Lipinski definition) is 0. The second kappa shape index (κ2) is 5.63. The van der Waals surface area contributed by atoms with Crippen LogP contribution in [0, 0.1) is 5.92 Å². The molecule has 0 aromatic heterocycles. The third kappa shape index (κ3) is 3.36. The number of methoxy groups -OCH3 is 1. The Bertz CT molecular complexity index is 241. The smallest absolute Gasteiger partial charge is 0.305 e. The molecule has 14 heavy (non-hydrogen) atoms. The van der Waals surface area contributed by atoms with Gasteiger partial charge in [0.1, 0.15) is 0 Å². The summed E-state index contributed by atoms with van der Waals surface area (Å²) in [7, 11) is 1.45. The molecule has 0 aromatic rings. The van der Waals surface area contributed by atoms with E-state index in [4.69, 9.17) is 0 Å². The van der Waals surface area contributed by atoms with Crippen molar-refractivity contribution in [1.29, 1.82) is 0 Å². The minimum absolute atomic E-state index is 0.0874. The Balaban J connectivity index is 2.34. The van der Waals surface area contributed by atoms with Gasteiger partial charge in [0.15, 0.2) is 0 Å². The van der Waals surface area contributed by atoms with E-state index >= 15 is 0 Å². The van der Waals surface area contributed by atoms with E-state index in [9.17, 15) is 4.79 Å². The monoisotopic (exact) mass is 194 g/mol. The van der Waals surface area contributed by atoms with Crippen LogP contribution in [0.1, 0.15) is 32.1 Å². The molecule has 0 amide bonds. The lowest BCUT2D eigenvalue weighted by Crippen LogP contribution is -2.12. The highest BCUT2D eigenvalue weighted by molar-refractivity contribution is 5.69. The lowest BCUT2D eigenvalue weighted by molar-refractivity contribution is -0.141. The number of hydrogen-bond acceptors (Lipinski definition) is 2. The lowest BCUT2D eigenvalue weighted by Gasteiger charge is -2.20. The van der Waals surface area contributed by atoms with E-state index in [-0.39, 0.29) is 5.97 Å². The Hall–Kier alpha value is -1.05. The maximum Gasteiger partial charge on any atom is 0.305 e. The van der Waals surface area contributed by atoms with Crippen LogP contribution in [0.2, 0.25) is 0 Å². The average Bonchev–Trinajstić information content (AvgIpc) is 2.21. The van der Waals surface area contributed by atoms with E-state index in [0.29, 0.717) is 12.3 Å². The van der Waals surface area contributed by atoms with Crippen LogP contribution in [-0.2, 0) is 9.53 Å². The minimum Gasteiger partial charge on any atom is -0.469 e. The van der Waals surface area contributed by atoms with Gasteiger partial charge in [0.25, 0.3) is 0 Å². The first-order chi connectivity index (χ1) is 6.76. The van der Waals surface area contributed by atoms with Gasteiger partial charge in [0.2, 0.25) is 0 Å². The molecular weight excluding hydrogens is 176 g/mol. The molecule has 0 aliphatic heterocycles. The summed E-state index contributed by atoms with van der Waals surface area (Å²) in [5.74, 6) is 0.395. The van der Waals surface area contributed by atoms with E-state index < -0.39 is 0 Å². The minimum atomic E-state index is -0.0874. The van der Waals surface area contributed by atoms with Gasteiger partial charge in [-0.3, -0.25) is 4.79 Å². The quantitative estimate of drug-likeness (QED) is 0.508. The summed E-state index contributed by atoms with van der Waals surface area (Å²) < 4.78 is 4.65. The molecule has 0 saturated carbocycles. The molecule has 0 radical (unpaired) electrons. The van der Waals surface area contributed by atoms with Gasteiger partial charge in [-0.05, 0) is 31.6 Å². The molecule has 0 N–H and O–H groups in total. The van der Waals surface area contributed by atoms with Gasteiger partial charge in [-0.1, -0.05) is 17.7 Å². The highest BCUT2D eigenvalue weighted by Gasteiger charge is 2.17. The fraction of sp³-hybridized carbons (Fsp3) is 0.583. The largest absolute Gasteiger partial charge is 0.469 e. The van der Waals surface area contributed by atoms with Crippen molar-refractivity contribution < 1.29 is 9.53 Å². The van der Waals surface area contributed by atoms with Crippen LogP contribution in [-0.4, -0.2) is 13.1 Å². The van der Waals surface area contributed by atoms with Gasteiger partial charge >= 0.3 is 5.97 Å². The maximum absolute atomic E-state index is 11.0. The van der Waals surface area contributed by atoms with Crippen molar-refractivity contribution in [3.05, 3.63) is 24.3 Å². The first kappa shape index (κ1) is 11.0. The molecule has 0 bridgehead atoms. The predicted molar refractivity (Wildman–Crippen MR) is 56.9 cm³/mol.